The van der Waals surface area contributed by atoms with Gasteiger partial charge in [-0.25, -0.2) is 9.18 Å². The Hall–Kier alpha value is -2.42. The summed E-state index contributed by atoms with van der Waals surface area (Å²) in [5.74, 6) is 0.188. The van der Waals surface area contributed by atoms with Crippen molar-refractivity contribution in [1.82, 2.24) is 0 Å². The van der Waals surface area contributed by atoms with Gasteiger partial charge in [-0.15, -0.1) is 0 Å². The van der Waals surface area contributed by atoms with E-state index < -0.39 is 5.97 Å². The molecule has 0 fully saturated rings. The van der Waals surface area contributed by atoms with Crippen molar-refractivity contribution in [3.05, 3.63) is 62.5 Å². The first-order chi connectivity index (χ1) is 12.5. The van der Waals surface area contributed by atoms with Gasteiger partial charge in [0.05, 0.1) is 22.0 Å². The second kappa shape index (κ2) is 7.86. The zero-order valence-corrected chi connectivity index (χ0v) is 16.2. The zero-order chi connectivity index (χ0) is 18.7. The summed E-state index contributed by atoms with van der Waals surface area (Å²) in [5.41, 5.74) is 2.11. The predicted molar refractivity (Wildman–Crippen MR) is 104 cm³/mol. The molecule has 1 aliphatic rings. The number of benzene rings is 2. The second-order valence-corrected chi connectivity index (χ2v) is 6.69. The van der Waals surface area contributed by atoms with Crippen molar-refractivity contribution < 1.29 is 23.5 Å². The Morgan fingerprint density at radius 3 is 2.73 bits per heavy atom. The van der Waals surface area contributed by atoms with Crippen LogP contribution < -0.4 is 9.47 Å². The third kappa shape index (κ3) is 3.87. The summed E-state index contributed by atoms with van der Waals surface area (Å²) in [7, 11) is 1.52. The molecule has 0 saturated carbocycles. The van der Waals surface area contributed by atoms with Gasteiger partial charge in [0.25, 0.3) is 0 Å². The third-order valence-electron chi connectivity index (χ3n) is 3.77. The number of ether oxygens (including phenoxy) is 2. The zero-order valence-electron chi connectivity index (χ0n) is 14.1. The molecule has 0 atom stereocenters. The van der Waals surface area contributed by atoms with Gasteiger partial charge in [-0.3, -0.25) is 0 Å². The molecule has 0 radical (unpaired) electrons. The van der Waals surface area contributed by atoms with Crippen molar-refractivity contribution in [3.63, 3.8) is 0 Å². The van der Waals surface area contributed by atoms with Gasteiger partial charge in [-0.05, 0) is 59.4 Å². The van der Waals surface area contributed by atoms with E-state index in [0.29, 0.717) is 28.3 Å². The van der Waals surface area contributed by atoms with Crippen LogP contribution in [0.25, 0.3) is 6.08 Å². The van der Waals surface area contributed by atoms with Gasteiger partial charge in [-0.2, -0.15) is 0 Å². The van der Waals surface area contributed by atoms with Crippen LogP contribution in [0.4, 0.5) is 4.39 Å². The van der Waals surface area contributed by atoms with Crippen LogP contribution in [-0.4, -0.2) is 18.8 Å². The van der Waals surface area contributed by atoms with Crippen molar-refractivity contribution >= 4 is 40.3 Å². The lowest BCUT2D eigenvalue weighted by Crippen LogP contribution is -2.03. The van der Waals surface area contributed by atoms with Crippen molar-refractivity contribution in [2.45, 2.75) is 13.5 Å². The van der Waals surface area contributed by atoms with E-state index in [9.17, 15) is 9.18 Å². The highest BCUT2D eigenvalue weighted by molar-refractivity contribution is 14.1. The van der Waals surface area contributed by atoms with E-state index in [0.717, 1.165) is 9.13 Å². The number of oxime groups is 1. The monoisotopic (exact) mass is 467 g/mol. The molecule has 7 heteroatoms. The lowest BCUT2D eigenvalue weighted by Gasteiger charge is -2.14. The summed E-state index contributed by atoms with van der Waals surface area (Å²) < 4.78 is 25.7. The summed E-state index contributed by atoms with van der Waals surface area (Å²) in [4.78, 5) is 16.3. The van der Waals surface area contributed by atoms with Crippen LogP contribution in [0.15, 0.2) is 47.1 Å². The average Bonchev–Trinajstić information content (AvgIpc) is 2.93. The Labute approximate surface area is 163 Å². The molecular formula is C19H15FINO4. The molecule has 134 valence electrons. The molecule has 0 saturated heterocycles. The minimum absolute atomic E-state index is 0.0809. The lowest BCUT2D eigenvalue weighted by atomic mass is 10.1. The highest BCUT2D eigenvalue weighted by Crippen LogP contribution is 2.35. The van der Waals surface area contributed by atoms with Crippen LogP contribution in [0.1, 0.15) is 18.1 Å². The van der Waals surface area contributed by atoms with Crippen molar-refractivity contribution in [1.29, 1.82) is 0 Å². The molecule has 0 bridgehead atoms. The van der Waals surface area contributed by atoms with Gasteiger partial charge >= 0.3 is 5.97 Å². The third-order valence-corrected chi connectivity index (χ3v) is 4.57. The summed E-state index contributed by atoms with van der Waals surface area (Å²) in [6.45, 7) is 1.78. The molecule has 1 heterocycles. The van der Waals surface area contributed by atoms with Gasteiger partial charge in [0, 0.05) is 5.56 Å². The summed E-state index contributed by atoms with van der Waals surface area (Å²) in [5, 5.41) is 3.65. The second-order valence-electron chi connectivity index (χ2n) is 5.53. The van der Waals surface area contributed by atoms with E-state index in [4.69, 9.17) is 9.47 Å². The summed E-state index contributed by atoms with van der Waals surface area (Å²) >= 11 is 2.11. The molecule has 26 heavy (non-hydrogen) atoms. The lowest BCUT2D eigenvalue weighted by molar-refractivity contribution is -0.136. The molecule has 1 aliphatic heterocycles. The Morgan fingerprint density at radius 1 is 1.31 bits per heavy atom. The van der Waals surface area contributed by atoms with Crippen LogP contribution in [0.2, 0.25) is 0 Å². The molecule has 2 aromatic rings. The molecule has 2 aromatic carbocycles. The number of carbonyl (C=O) groups is 1. The Morgan fingerprint density at radius 2 is 2.08 bits per heavy atom. The minimum atomic E-state index is -0.489. The first-order valence-electron chi connectivity index (χ1n) is 7.71. The van der Waals surface area contributed by atoms with E-state index in [1.807, 2.05) is 6.07 Å². The molecule has 0 spiro atoms. The van der Waals surface area contributed by atoms with Gasteiger partial charge in [0.1, 0.15) is 12.4 Å². The Balaban J connectivity index is 1.88. The fraction of sp³-hybridized carbons (Fsp3) is 0.158. The normalized spacial score (nSPS) is 15.0. The van der Waals surface area contributed by atoms with Crippen molar-refractivity contribution in [2.24, 2.45) is 5.16 Å². The van der Waals surface area contributed by atoms with Gasteiger partial charge in [0.15, 0.2) is 11.5 Å². The number of halogens is 2. The van der Waals surface area contributed by atoms with Crippen LogP contribution in [-0.2, 0) is 16.2 Å². The maximum atomic E-state index is 13.8. The minimum Gasteiger partial charge on any atom is -0.493 e. The van der Waals surface area contributed by atoms with Crippen molar-refractivity contribution in [2.75, 3.05) is 7.11 Å². The standard InChI is InChI=1S/C19H15FINO4/c1-11-14(19(23)26-22-11)7-12-8-16(21)18(17(9-12)24-2)25-10-13-5-3-4-6-15(13)20/h3-9H,10H2,1-2H3/b14-7+. The molecule has 0 N–H and O–H groups in total. The molecule has 0 aromatic heterocycles. The quantitative estimate of drug-likeness (QED) is 0.373. The van der Waals surface area contributed by atoms with Gasteiger partial charge in [-0.1, -0.05) is 23.4 Å². The van der Waals surface area contributed by atoms with E-state index in [2.05, 4.69) is 32.6 Å². The number of carbonyl (C=O) groups excluding carboxylic acids is 1. The topological polar surface area (TPSA) is 57.1 Å². The van der Waals surface area contributed by atoms with Crippen molar-refractivity contribution in [3.8, 4) is 11.5 Å². The molecule has 0 amide bonds. The van der Waals surface area contributed by atoms with Crippen LogP contribution >= 0.6 is 22.6 Å². The summed E-state index contributed by atoms with van der Waals surface area (Å²) in [6, 6.07) is 10.0. The Bertz CT molecular complexity index is 924. The molecule has 3 rings (SSSR count). The fourth-order valence-electron chi connectivity index (χ4n) is 2.41. The predicted octanol–water partition coefficient (Wildman–Crippen LogP) is 4.33. The van der Waals surface area contributed by atoms with E-state index >= 15 is 0 Å². The molecule has 0 aliphatic carbocycles. The first kappa shape index (κ1) is 18.4. The highest BCUT2D eigenvalue weighted by Gasteiger charge is 2.22. The average molecular weight is 467 g/mol. The van der Waals surface area contributed by atoms with Crippen LogP contribution in [0.5, 0.6) is 11.5 Å². The number of hydrogen-bond donors (Lipinski definition) is 0. The maximum Gasteiger partial charge on any atom is 0.367 e. The maximum absolute atomic E-state index is 13.8. The van der Waals surface area contributed by atoms with Crippen LogP contribution in [0, 0.1) is 9.39 Å². The molecule has 0 unspecified atom stereocenters. The number of methoxy groups -OCH3 is 1. The van der Waals surface area contributed by atoms with Gasteiger partial charge in [0.2, 0.25) is 0 Å². The van der Waals surface area contributed by atoms with E-state index in [-0.39, 0.29) is 12.4 Å². The smallest absolute Gasteiger partial charge is 0.367 e. The van der Waals surface area contributed by atoms with E-state index in [1.54, 1.807) is 37.3 Å². The van der Waals surface area contributed by atoms with Crippen LogP contribution in [0.3, 0.4) is 0 Å². The summed E-state index contributed by atoms with van der Waals surface area (Å²) in [6.07, 6.45) is 1.68. The molecular weight excluding hydrogens is 452 g/mol. The van der Waals surface area contributed by atoms with E-state index in [1.165, 1.54) is 13.2 Å². The largest absolute Gasteiger partial charge is 0.493 e. The molecule has 5 nitrogen and oxygen atoms in total. The fourth-order valence-corrected chi connectivity index (χ4v) is 3.20. The van der Waals surface area contributed by atoms with Gasteiger partial charge < -0.3 is 14.3 Å². The number of rotatable bonds is 5. The first-order valence-corrected chi connectivity index (χ1v) is 8.79. The Kier molecular flexibility index (Phi) is 5.55. The number of hydrogen-bond acceptors (Lipinski definition) is 5. The highest BCUT2D eigenvalue weighted by atomic mass is 127. The number of nitrogens with zero attached hydrogens (tertiary/aromatic N) is 1. The SMILES string of the molecule is COc1cc(/C=C2/C(=O)ON=C2C)cc(I)c1OCc1ccccc1F.